The van der Waals surface area contributed by atoms with Crippen molar-refractivity contribution in [1.29, 1.82) is 5.26 Å². The molecular weight excluding hydrogens is 309 g/mol. The second-order valence-electron chi connectivity index (χ2n) is 5.27. The maximum atomic E-state index is 12.6. The SMILES string of the molecule is C[C@H]1CN(c2ccc(C(F)(F)F)cc2)C(=O)c2c(C#N)cnn21. The summed E-state index contributed by atoms with van der Waals surface area (Å²) in [7, 11) is 0. The van der Waals surface area contributed by atoms with Crippen LogP contribution in [0.1, 0.15) is 34.6 Å². The molecule has 3 rings (SSSR count). The Morgan fingerprint density at radius 1 is 1.30 bits per heavy atom. The highest BCUT2D eigenvalue weighted by Gasteiger charge is 2.34. The summed E-state index contributed by atoms with van der Waals surface area (Å²) in [6.07, 6.45) is -3.11. The standard InChI is InChI=1S/C15H11F3N4O/c1-9-8-21(12-4-2-11(3-5-12)15(16,17)18)14(23)13-10(6-19)7-20-22(9)13/h2-5,7,9H,8H2,1H3/t9-/m0/s1. The van der Waals surface area contributed by atoms with Gasteiger partial charge in [-0.05, 0) is 31.2 Å². The minimum atomic E-state index is -4.43. The summed E-state index contributed by atoms with van der Waals surface area (Å²) in [5.41, 5.74) is -0.114. The quantitative estimate of drug-likeness (QED) is 0.811. The number of carbonyl (C=O) groups excluding carboxylic acids is 1. The first kappa shape index (κ1) is 15.1. The summed E-state index contributed by atoms with van der Waals surface area (Å²) >= 11 is 0. The summed E-state index contributed by atoms with van der Waals surface area (Å²) in [5.74, 6) is -0.447. The van der Waals surface area contributed by atoms with E-state index in [4.69, 9.17) is 5.26 Å². The molecule has 23 heavy (non-hydrogen) atoms. The average molecular weight is 320 g/mol. The molecule has 0 spiro atoms. The van der Waals surface area contributed by atoms with E-state index in [-0.39, 0.29) is 23.8 Å². The molecule has 1 aliphatic rings. The Morgan fingerprint density at radius 3 is 2.52 bits per heavy atom. The van der Waals surface area contributed by atoms with Crippen LogP contribution in [-0.2, 0) is 6.18 Å². The molecule has 0 saturated carbocycles. The van der Waals surface area contributed by atoms with E-state index in [1.165, 1.54) is 27.9 Å². The van der Waals surface area contributed by atoms with Gasteiger partial charge in [-0.2, -0.15) is 23.5 Å². The van der Waals surface area contributed by atoms with Crippen molar-refractivity contribution in [1.82, 2.24) is 9.78 Å². The molecule has 1 aliphatic heterocycles. The molecule has 1 atom stereocenters. The Labute approximate surface area is 129 Å². The van der Waals surface area contributed by atoms with Gasteiger partial charge in [0, 0.05) is 12.2 Å². The molecule has 0 N–H and O–H groups in total. The summed E-state index contributed by atoms with van der Waals surface area (Å²) in [6.45, 7) is 2.09. The topological polar surface area (TPSA) is 61.9 Å². The third kappa shape index (κ3) is 2.44. The van der Waals surface area contributed by atoms with Crippen LogP contribution in [0, 0.1) is 11.3 Å². The van der Waals surface area contributed by atoms with Crippen LogP contribution in [0.5, 0.6) is 0 Å². The Bertz CT molecular complexity index is 802. The van der Waals surface area contributed by atoms with E-state index in [0.29, 0.717) is 5.69 Å². The second-order valence-corrected chi connectivity index (χ2v) is 5.27. The lowest BCUT2D eigenvalue weighted by molar-refractivity contribution is -0.137. The molecule has 0 bridgehead atoms. The van der Waals surface area contributed by atoms with Crippen LogP contribution >= 0.6 is 0 Å². The zero-order valence-corrected chi connectivity index (χ0v) is 12.0. The van der Waals surface area contributed by atoms with Gasteiger partial charge in [-0.25, -0.2) is 0 Å². The van der Waals surface area contributed by atoms with Gasteiger partial charge in [-0.15, -0.1) is 0 Å². The predicted octanol–water partition coefficient (Wildman–Crippen LogP) is 2.99. The van der Waals surface area contributed by atoms with Crippen molar-refractivity contribution >= 4 is 11.6 Å². The van der Waals surface area contributed by atoms with E-state index >= 15 is 0 Å². The molecule has 1 aromatic carbocycles. The summed E-state index contributed by atoms with van der Waals surface area (Å²) in [5, 5.41) is 13.1. The number of nitriles is 1. The molecule has 5 nitrogen and oxygen atoms in total. The largest absolute Gasteiger partial charge is 0.416 e. The number of rotatable bonds is 1. The molecule has 2 aromatic rings. The van der Waals surface area contributed by atoms with Crippen LogP contribution in [0.4, 0.5) is 18.9 Å². The summed E-state index contributed by atoms with van der Waals surface area (Å²) < 4.78 is 39.4. The third-order valence-corrected chi connectivity index (χ3v) is 3.73. The van der Waals surface area contributed by atoms with E-state index in [0.717, 1.165) is 12.1 Å². The highest BCUT2D eigenvalue weighted by molar-refractivity contribution is 6.07. The number of halogens is 3. The Kier molecular flexibility index (Phi) is 3.36. The van der Waals surface area contributed by atoms with Crippen LogP contribution in [0.15, 0.2) is 30.5 Å². The van der Waals surface area contributed by atoms with Gasteiger partial charge in [0.1, 0.15) is 17.3 Å². The monoisotopic (exact) mass is 320 g/mol. The van der Waals surface area contributed by atoms with Gasteiger partial charge in [-0.1, -0.05) is 0 Å². The van der Waals surface area contributed by atoms with Crippen LogP contribution in [0.25, 0.3) is 0 Å². The molecule has 1 amide bonds. The summed E-state index contributed by atoms with van der Waals surface area (Å²) in [4.78, 5) is 13.9. The first-order valence-corrected chi connectivity index (χ1v) is 6.79. The Morgan fingerprint density at radius 2 is 1.96 bits per heavy atom. The van der Waals surface area contributed by atoms with E-state index in [9.17, 15) is 18.0 Å². The van der Waals surface area contributed by atoms with E-state index in [1.54, 1.807) is 0 Å². The van der Waals surface area contributed by atoms with Crippen molar-refractivity contribution in [2.24, 2.45) is 0 Å². The van der Waals surface area contributed by atoms with Crippen molar-refractivity contribution < 1.29 is 18.0 Å². The number of hydrogen-bond donors (Lipinski definition) is 0. The fourth-order valence-corrected chi connectivity index (χ4v) is 2.60. The number of carbonyl (C=O) groups is 1. The third-order valence-electron chi connectivity index (χ3n) is 3.73. The van der Waals surface area contributed by atoms with Gasteiger partial charge in [0.15, 0.2) is 0 Å². The van der Waals surface area contributed by atoms with E-state index in [2.05, 4.69) is 5.10 Å². The molecule has 0 saturated heterocycles. The van der Waals surface area contributed by atoms with Gasteiger partial charge >= 0.3 is 6.18 Å². The maximum absolute atomic E-state index is 12.6. The smallest absolute Gasteiger partial charge is 0.305 e. The number of benzene rings is 1. The molecule has 0 radical (unpaired) electrons. The highest BCUT2D eigenvalue weighted by atomic mass is 19.4. The van der Waals surface area contributed by atoms with Crippen molar-refractivity contribution in [3.05, 3.63) is 47.3 Å². The molecule has 0 aliphatic carbocycles. The zero-order valence-electron chi connectivity index (χ0n) is 12.0. The lowest BCUT2D eigenvalue weighted by Crippen LogP contribution is -2.43. The van der Waals surface area contributed by atoms with Crippen molar-refractivity contribution in [3.63, 3.8) is 0 Å². The Balaban J connectivity index is 1.99. The number of amides is 1. The molecule has 0 unspecified atom stereocenters. The van der Waals surface area contributed by atoms with Gasteiger partial charge in [0.05, 0.1) is 17.8 Å². The lowest BCUT2D eigenvalue weighted by Gasteiger charge is -2.32. The zero-order chi connectivity index (χ0) is 16.8. The van der Waals surface area contributed by atoms with Crippen LogP contribution < -0.4 is 4.90 Å². The van der Waals surface area contributed by atoms with Gasteiger partial charge in [-0.3, -0.25) is 9.48 Å². The normalized spacial score (nSPS) is 17.8. The molecule has 8 heteroatoms. The van der Waals surface area contributed by atoms with Crippen LogP contribution in [-0.4, -0.2) is 22.2 Å². The lowest BCUT2D eigenvalue weighted by atomic mass is 10.1. The first-order chi connectivity index (χ1) is 10.8. The second kappa shape index (κ2) is 5.12. The molecule has 0 fully saturated rings. The van der Waals surface area contributed by atoms with Crippen LogP contribution in [0.2, 0.25) is 0 Å². The maximum Gasteiger partial charge on any atom is 0.416 e. The minimum absolute atomic E-state index is 0.151. The van der Waals surface area contributed by atoms with Crippen molar-refractivity contribution in [3.8, 4) is 6.07 Å². The molecule has 1 aromatic heterocycles. The van der Waals surface area contributed by atoms with E-state index in [1.807, 2.05) is 13.0 Å². The van der Waals surface area contributed by atoms with Crippen molar-refractivity contribution in [2.75, 3.05) is 11.4 Å². The molecule has 118 valence electrons. The highest BCUT2D eigenvalue weighted by Crippen LogP contribution is 2.32. The van der Waals surface area contributed by atoms with Gasteiger partial charge < -0.3 is 4.90 Å². The minimum Gasteiger partial charge on any atom is -0.305 e. The number of hydrogen-bond acceptors (Lipinski definition) is 3. The fourth-order valence-electron chi connectivity index (χ4n) is 2.60. The average Bonchev–Trinajstić information content (AvgIpc) is 2.95. The van der Waals surface area contributed by atoms with E-state index < -0.39 is 17.6 Å². The number of alkyl halides is 3. The number of nitrogens with zero attached hydrogens (tertiary/aromatic N) is 4. The molecule has 2 heterocycles. The van der Waals surface area contributed by atoms with Crippen LogP contribution in [0.3, 0.4) is 0 Å². The van der Waals surface area contributed by atoms with Crippen molar-refractivity contribution in [2.45, 2.75) is 19.1 Å². The van der Waals surface area contributed by atoms with Gasteiger partial charge in [0.2, 0.25) is 0 Å². The first-order valence-electron chi connectivity index (χ1n) is 6.79. The fraction of sp³-hybridized carbons (Fsp3) is 0.267. The summed E-state index contributed by atoms with van der Waals surface area (Å²) in [6, 6.07) is 6.10. The van der Waals surface area contributed by atoms with Gasteiger partial charge in [0.25, 0.3) is 5.91 Å². The number of aromatic nitrogens is 2. The Hall–Kier alpha value is -2.82. The molecular formula is C15H11F3N4O. The number of fused-ring (bicyclic) bond motifs is 1. The number of anilines is 1. The predicted molar refractivity (Wildman–Crippen MR) is 74.8 cm³/mol.